The third kappa shape index (κ3) is 7.05. The van der Waals surface area contributed by atoms with Crippen molar-refractivity contribution in [2.24, 2.45) is 0 Å². The van der Waals surface area contributed by atoms with Crippen LogP contribution in [0.25, 0.3) is 66.8 Å². The summed E-state index contributed by atoms with van der Waals surface area (Å²) in [5, 5.41) is 1.15. The van der Waals surface area contributed by atoms with Crippen LogP contribution in [0.4, 0.5) is 28.4 Å². The molecule has 0 aliphatic heterocycles. The van der Waals surface area contributed by atoms with Crippen LogP contribution in [0, 0.1) is 0 Å². The van der Waals surface area contributed by atoms with Crippen LogP contribution < -0.4 is 9.80 Å². The molecule has 3 heteroatoms. The number of hydrogen-bond acceptors (Lipinski definition) is 2. The van der Waals surface area contributed by atoms with E-state index in [1.54, 1.807) is 0 Å². The molecule has 0 saturated carbocycles. The van der Waals surface area contributed by atoms with Gasteiger partial charge in [0, 0.05) is 39.3 Å². The van der Waals surface area contributed by atoms with Crippen molar-refractivity contribution in [2.75, 3.05) is 9.80 Å². The van der Waals surface area contributed by atoms with Gasteiger partial charge in [-0.3, -0.25) is 0 Å². The van der Waals surface area contributed by atoms with Crippen LogP contribution in [0.15, 0.2) is 304 Å². The molecule has 1 unspecified atom stereocenters. The molecule has 11 aromatic carbocycles. The number of fused-ring (bicyclic) bond motifs is 11. The minimum absolute atomic E-state index is 0.714. The number of rotatable bonds is 11. The zero-order valence-corrected chi connectivity index (χ0v) is 41.8. The highest BCUT2D eigenvalue weighted by Gasteiger charge is 2.53. The average molecular weight is 970 g/mol. The molecule has 3 nitrogen and oxygen atoms in total. The Bertz CT molecular complexity index is 4110. The first-order valence-corrected chi connectivity index (χ1v) is 26.1. The van der Waals surface area contributed by atoms with Gasteiger partial charge in [0.05, 0.1) is 33.7 Å². The van der Waals surface area contributed by atoms with Gasteiger partial charge in [-0.05, 0) is 147 Å². The molecule has 1 atom stereocenters. The fourth-order valence-corrected chi connectivity index (χ4v) is 12.4. The summed E-state index contributed by atoms with van der Waals surface area (Å²) in [6.07, 6.45) is 4.12. The zero-order chi connectivity index (χ0) is 50.6. The van der Waals surface area contributed by atoms with Gasteiger partial charge >= 0.3 is 0 Å². The number of nitrogens with zero attached hydrogens (tertiary/aromatic N) is 3. The number of benzene rings is 11. The third-order valence-electron chi connectivity index (χ3n) is 15.5. The van der Waals surface area contributed by atoms with Gasteiger partial charge in [0.2, 0.25) is 0 Å². The molecule has 2 aliphatic carbocycles. The molecular formula is C73H51N3. The Labute approximate surface area is 444 Å². The van der Waals surface area contributed by atoms with Crippen molar-refractivity contribution in [1.82, 2.24) is 4.57 Å². The van der Waals surface area contributed by atoms with Gasteiger partial charge in [0.25, 0.3) is 0 Å². The Balaban J connectivity index is 1.11. The first-order chi connectivity index (χ1) is 37.7. The largest absolute Gasteiger partial charge is 0.310 e. The van der Waals surface area contributed by atoms with Crippen LogP contribution in [-0.2, 0) is 5.41 Å². The molecule has 14 rings (SSSR count). The van der Waals surface area contributed by atoms with Crippen molar-refractivity contribution in [3.63, 3.8) is 0 Å². The smallest absolute Gasteiger partial charge is 0.0727 e. The van der Waals surface area contributed by atoms with Crippen LogP contribution in [0.3, 0.4) is 0 Å². The van der Waals surface area contributed by atoms with E-state index in [9.17, 15) is 0 Å². The molecule has 0 bridgehead atoms. The Morgan fingerprint density at radius 1 is 0.368 bits per heavy atom. The van der Waals surface area contributed by atoms with E-state index in [-0.39, 0.29) is 0 Å². The number of hydrogen-bond donors (Lipinski definition) is 0. The maximum atomic E-state index is 4.40. The highest BCUT2D eigenvalue weighted by molar-refractivity contribution is 6.04. The van der Waals surface area contributed by atoms with E-state index < -0.39 is 5.41 Å². The van der Waals surface area contributed by atoms with Gasteiger partial charge in [-0.25, -0.2) is 0 Å². The summed E-state index contributed by atoms with van der Waals surface area (Å²) in [4.78, 5) is 4.92. The monoisotopic (exact) mass is 969 g/mol. The van der Waals surface area contributed by atoms with E-state index in [0.29, 0.717) is 0 Å². The van der Waals surface area contributed by atoms with Crippen molar-refractivity contribution in [2.45, 2.75) is 5.41 Å². The second kappa shape index (κ2) is 18.5. The van der Waals surface area contributed by atoms with Crippen molar-refractivity contribution >= 4 is 45.0 Å². The molecule has 2 aliphatic rings. The predicted molar refractivity (Wildman–Crippen MR) is 318 cm³/mol. The van der Waals surface area contributed by atoms with Crippen molar-refractivity contribution in [3.8, 4) is 50.2 Å². The average Bonchev–Trinajstić information content (AvgIpc) is 4.31. The molecule has 1 spiro atoms. The van der Waals surface area contributed by atoms with E-state index in [1.165, 1.54) is 44.5 Å². The highest BCUT2D eigenvalue weighted by atomic mass is 15.2. The van der Waals surface area contributed by atoms with Crippen LogP contribution in [0.1, 0.15) is 27.9 Å². The molecule has 0 amide bonds. The van der Waals surface area contributed by atoms with Gasteiger partial charge < -0.3 is 14.4 Å². The normalized spacial score (nSPS) is 14.0. The maximum Gasteiger partial charge on any atom is 0.0727 e. The molecule has 76 heavy (non-hydrogen) atoms. The van der Waals surface area contributed by atoms with Gasteiger partial charge in [-0.2, -0.15) is 0 Å². The van der Waals surface area contributed by atoms with Gasteiger partial charge in [0.1, 0.15) is 0 Å². The maximum absolute atomic E-state index is 4.40. The second-order valence-electron chi connectivity index (χ2n) is 19.6. The van der Waals surface area contributed by atoms with Gasteiger partial charge in [-0.1, -0.05) is 213 Å². The number of allylic oxidation sites excluding steroid dienone is 2. The van der Waals surface area contributed by atoms with E-state index in [0.717, 1.165) is 78.7 Å². The van der Waals surface area contributed by atoms with Crippen molar-refractivity contribution in [3.05, 3.63) is 332 Å². The first kappa shape index (κ1) is 44.7. The Morgan fingerprint density at radius 2 is 0.803 bits per heavy atom. The van der Waals surface area contributed by atoms with Crippen LogP contribution in [0.5, 0.6) is 0 Å². The zero-order valence-electron chi connectivity index (χ0n) is 41.8. The summed E-state index contributed by atoms with van der Waals surface area (Å²) < 4.78 is 2.40. The fraction of sp³-hybridized carbons (Fsp3) is 0.0137. The molecule has 12 aromatic rings. The van der Waals surface area contributed by atoms with Gasteiger partial charge in [-0.15, -0.1) is 0 Å². The SMILES string of the molecule is C=C/C=C(\c1cc2ccccc2n1-c1ccccc1)N(c1ccccc1)c1cc2c(cc1-c1ccccc1)-c1ccccc1C21c2ccccc2-c2cc(-c3ccccc3)c(N(c3ccccc3)c3ccccc3)cc21. The molecule has 1 heterocycles. The quantitative estimate of drug-likeness (QED) is 0.120. The third-order valence-corrected chi connectivity index (χ3v) is 15.5. The van der Waals surface area contributed by atoms with E-state index in [4.69, 9.17) is 0 Å². The van der Waals surface area contributed by atoms with E-state index in [2.05, 4.69) is 312 Å². The van der Waals surface area contributed by atoms with Crippen LogP contribution in [0.2, 0.25) is 0 Å². The topological polar surface area (TPSA) is 11.4 Å². The predicted octanol–water partition coefficient (Wildman–Crippen LogP) is 19.1. The molecule has 0 N–H and O–H groups in total. The molecular weight excluding hydrogens is 919 g/mol. The lowest BCUT2D eigenvalue weighted by Gasteiger charge is -2.35. The lowest BCUT2D eigenvalue weighted by atomic mass is 9.70. The summed E-state index contributed by atoms with van der Waals surface area (Å²) in [6.45, 7) is 4.40. The number of aromatic nitrogens is 1. The Kier molecular flexibility index (Phi) is 10.9. The standard InChI is InChI=1S/C73H51N3/c1-2-27-69(72-46-53-32-21-26-45-68(53)75(72)56-37-17-7-18-38-56)76(57-39-19-8-20-40-57)71-50-67-63(48-61(71)52-30-11-4-12-31-52)59-42-23-25-44-65(59)73(67)64-43-24-22-41-58(64)62-47-60(51-28-9-3-10-29-51)70(49-66(62)73)74(54-33-13-5-14-34-54)55-35-15-6-16-36-55/h2-50H,1H2/b69-27+. The Hall–Kier alpha value is -9.96. The molecule has 0 fully saturated rings. The lowest BCUT2D eigenvalue weighted by Crippen LogP contribution is -2.27. The molecule has 0 radical (unpaired) electrons. The molecule has 358 valence electrons. The number of para-hydroxylation sites is 5. The first-order valence-electron chi connectivity index (χ1n) is 26.1. The summed E-state index contributed by atoms with van der Waals surface area (Å²) >= 11 is 0. The lowest BCUT2D eigenvalue weighted by molar-refractivity contribution is 0.793. The fourth-order valence-electron chi connectivity index (χ4n) is 12.4. The summed E-state index contributed by atoms with van der Waals surface area (Å²) in [7, 11) is 0. The van der Waals surface area contributed by atoms with E-state index in [1.807, 2.05) is 6.08 Å². The highest BCUT2D eigenvalue weighted by Crippen LogP contribution is 2.65. The molecule has 1 aromatic heterocycles. The minimum Gasteiger partial charge on any atom is -0.310 e. The summed E-state index contributed by atoms with van der Waals surface area (Å²) in [5.74, 6) is 0. The van der Waals surface area contributed by atoms with Crippen molar-refractivity contribution < 1.29 is 0 Å². The van der Waals surface area contributed by atoms with E-state index >= 15 is 0 Å². The number of anilines is 5. The summed E-state index contributed by atoms with van der Waals surface area (Å²) in [5.41, 5.74) is 23.4. The minimum atomic E-state index is -0.714. The molecule has 0 saturated heterocycles. The second-order valence-corrected chi connectivity index (χ2v) is 19.6. The Morgan fingerprint density at radius 3 is 1.34 bits per heavy atom. The van der Waals surface area contributed by atoms with Crippen LogP contribution >= 0.6 is 0 Å². The van der Waals surface area contributed by atoms with Gasteiger partial charge in [0.15, 0.2) is 0 Å². The van der Waals surface area contributed by atoms with Crippen molar-refractivity contribution in [1.29, 1.82) is 0 Å². The summed E-state index contributed by atoms with van der Waals surface area (Å²) in [6, 6.07) is 104. The van der Waals surface area contributed by atoms with Crippen LogP contribution in [-0.4, -0.2) is 4.57 Å².